The van der Waals surface area contributed by atoms with Crippen molar-refractivity contribution < 1.29 is 9.21 Å². The molecular formula is C23H18N4O2. The lowest BCUT2D eigenvalue weighted by Crippen LogP contribution is -2.33. The Morgan fingerprint density at radius 2 is 1.93 bits per heavy atom. The molecule has 3 aromatic heterocycles. The van der Waals surface area contributed by atoms with E-state index in [0.29, 0.717) is 12.8 Å². The third-order valence-electron chi connectivity index (χ3n) is 5.81. The number of hydrogen-bond donors (Lipinski definition) is 1. The molecule has 29 heavy (non-hydrogen) atoms. The number of ketones is 1. The first-order valence-electron chi connectivity index (χ1n) is 9.74. The van der Waals surface area contributed by atoms with Crippen molar-refractivity contribution in [3.05, 3.63) is 89.8 Å². The molecule has 6 rings (SSSR count). The van der Waals surface area contributed by atoms with Crippen LogP contribution in [0.1, 0.15) is 36.3 Å². The van der Waals surface area contributed by atoms with Crippen LogP contribution in [0, 0.1) is 0 Å². The summed E-state index contributed by atoms with van der Waals surface area (Å²) in [5.74, 6) is 1.75. The number of imidazole rings is 1. The summed E-state index contributed by atoms with van der Waals surface area (Å²) < 4.78 is 7.69. The number of carbonyl (C=O) groups excluding carboxylic acids is 1. The van der Waals surface area contributed by atoms with E-state index >= 15 is 0 Å². The second-order valence-corrected chi connectivity index (χ2v) is 7.51. The maximum atomic E-state index is 13.4. The molecule has 0 radical (unpaired) electrons. The normalized spacial score (nSPS) is 21.0. The molecule has 0 saturated carbocycles. The zero-order chi connectivity index (χ0) is 19.4. The van der Waals surface area contributed by atoms with E-state index in [9.17, 15) is 4.79 Å². The second-order valence-electron chi connectivity index (χ2n) is 7.51. The van der Waals surface area contributed by atoms with Gasteiger partial charge < -0.3 is 9.73 Å². The van der Waals surface area contributed by atoms with Gasteiger partial charge in [-0.3, -0.25) is 14.3 Å². The molecule has 6 nitrogen and oxygen atoms in total. The summed E-state index contributed by atoms with van der Waals surface area (Å²) in [6, 6.07) is 17.3. The van der Waals surface area contributed by atoms with Crippen molar-refractivity contribution in [3.8, 4) is 0 Å². The molecule has 1 aliphatic carbocycles. The highest BCUT2D eigenvalue weighted by Crippen LogP contribution is 2.45. The number of carbonyl (C=O) groups is 1. The maximum Gasteiger partial charge on any atom is 0.209 e. The van der Waals surface area contributed by atoms with Gasteiger partial charge in [0.2, 0.25) is 5.95 Å². The van der Waals surface area contributed by atoms with Gasteiger partial charge in [0.1, 0.15) is 11.8 Å². The Labute approximate surface area is 166 Å². The Morgan fingerprint density at radius 1 is 1.03 bits per heavy atom. The predicted molar refractivity (Wildman–Crippen MR) is 108 cm³/mol. The van der Waals surface area contributed by atoms with Gasteiger partial charge in [0, 0.05) is 29.8 Å². The first-order chi connectivity index (χ1) is 14.3. The Morgan fingerprint density at radius 3 is 2.76 bits per heavy atom. The molecule has 0 unspecified atom stereocenters. The molecule has 2 aliphatic rings. The number of fused-ring (bicyclic) bond motifs is 3. The van der Waals surface area contributed by atoms with Crippen LogP contribution in [0.5, 0.6) is 0 Å². The van der Waals surface area contributed by atoms with Crippen LogP contribution < -0.4 is 5.32 Å². The molecule has 0 amide bonds. The molecule has 1 aliphatic heterocycles. The number of aromatic nitrogens is 3. The number of anilines is 1. The van der Waals surface area contributed by atoms with E-state index < -0.39 is 0 Å². The molecule has 2 atom stereocenters. The van der Waals surface area contributed by atoms with Gasteiger partial charge in [0.25, 0.3) is 0 Å². The molecule has 0 bridgehead atoms. The first-order valence-corrected chi connectivity index (χ1v) is 9.74. The summed E-state index contributed by atoms with van der Waals surface area (Å²) in [4.78, 5) is 22.8. The van der Waals surface area contributed by atoms with Crippen LogP contribution in [0.4, 0.5) is 5.95 Å². The van der Waals surface area contributed by atoms with Gasteiger partial charge in [-0.2, -0.15) is 0 Å². The van der Waals surface area contributed by atoms with Crippen LogP contribution in [-0.4, -0.2) is 20.3 Å². The average Bonchev–Trinajstić information content (AvgIpc) is 3.40. The number of benzene rings is 1. The van der Waals surface area contributed by atoms with Gasteiger partial charge in [0.05, 0.1) is 23.0 Å². The van der Waals surface area contributed by atoms with Gasteiger partial charge in [-0.05, 0) is 42.8 Å². The smallest absolute Gasteiger partial charge is 0.209 e. The Balaban J connectivity index is 1.56. The largest absolute Gasteiger partial charge is 0.469 e. The van der Waals surface area contributed by atoms with Gasteiger partial charge in [-0.1, -0.05) is 18.2 Å². The molecule has 1 aromatic carbocycles. The van der Waals surface area contributed by atoms with E-state index in [1.54, 1.807) is 12.5 Å². The van der Waals surface area contributed by atoms with Crippen molar-refractivity contribution in [2.75, 3.05) is 5.32 Å². The fourth-order valence-corrected chi connectivity index (χ4v) is 4.57. The van der Waals surface area contributed by atoms with E-state index in [2.05, 4.69) is 14.9 Å². The SMILES string of the molecule is O=C1C[C@@H](c2ccco2)CC2=C1[C@@H](c1ccccn1)n1c(nc3ccccc31)N2. The first kappa shape index (κ1) is 16.3. The summed E-state index contributed by atoms with van der Waals surface area (Å²) in [6.45, 7) is 0. The van der Waals surface area contributed by atoms with Crippen LogP contribution in [0.2, 0.25) is 0 Å². The molecule has 4 aromatic rings. The quantitative estimate of drug-likeness (QED) is 0.555. The van der Waals surface area contributed by atoms with Crippen LogP contribution in [0.15, 0.2) is 82.7 Å². The van der Waals surface area contributed by atoms with Crippen molar-refractivity contribution in [3.63, 3.8) is 0 Å². The molecule has 0 fully saturated rings. The molecule has 0 saturated heterocycles. The Hall–Kier alpha value is -3.67. The highest BCUT2D eigenvalue weighted by atomic mass is 16.3. The average molecular weight is 382 g/mol. The molecule has 0 spiro atoms. The van der Waals surface area contributed by atoms with E-state index in [4.69, 9.17) is 9.40 Å². The topological polar surface area (TPSA) is 73.0 Å². The van der Waals surface area contributed by atoms with Gasteiger partial charge in [0.15, 0.2) is 5.78 Å². The van der Waals surface area contributed by atoms with Gasteiger partial charge in [-0.15, -0.1) is 0 Å². The summed E-state index contributed by atoms with van der Waals surface area (Å²) in [6.07, 6.45) is 4.57. The number of nitrogens with one attached hydrogen (secondary N) is 1. The van der Waals surface area contributed by atoms with Crippen LogP contribution in [-0.2, 0) is 4.79 Å². The van der Waals surface area contributed by atoms with Crippen molar-refractivity contribution in [1.82, 2.24) is 14.5 Å². The highest BCUT2D eigenvalue weighted by Gasteiger charge is 2.40. The summed E-state index contributed by atoms with van der Waals surface area (Å²) in [5, 5.41) is 3.45. The number of rotatable bonds is 2. The number of furan rings is 1. The Bertz CT molecular complexity index is 1250. The summed E-state index contributed by atoms with van der Waals surface area (Å²) in [5.41, 5.74) is 4.42. The number of pyridine rings is 1. The standard InChI is InChI=1S/C23H18N4O2/c28-19-13-14(20-9-5-11-29-20)12-17-21(19)22(16-7-3-4-10-24-16)27-18-8-2-1-6-15(18)25-23(27)26-17/h1-11,14,22H,12-13H2,(H,25,26)/t14-,22+/m0/s1. The monoisotopic (exact) mass is 382 g/mol. The number of hydrogen-bond acceptors (Lipinski definition) is 5. The zero-order valence-corrected chi connectivity index (χ0v) is 15.6. The minimum absolute atomic E-state index is 0.0315. The lowest BCUT2D eigenvalue weighted by Gasteiger charge is -2.35. The third-order valence-corrected chi connectivity index (χ3v) is 5.81. The van der Waals surface area contributed by atoms with Crippen LogP contribution in [0.25, 0.3) is 11.0 Å². The number of nitrogens with zero attached hydrogens (tertiary/aromatic N) is 3. The zero-order valence-electron chi connectivity index (χ0n) is 15.6. The summed E-state index contributed by atoms with van der Waals surface area (Å²) in [7, 11) is 0. The molecule has 6 heteroatoms. The fourth-order valence-electron chi connectivity index (χ4n) is 4.57. The molecule has 4 heterocycles. The van der Waals surface area contributed by atoms with Gasteiger partial charge >= 0.3 is 0 Å². The van der Waals surface area contributed by atoms with Crippen molar-refractivity contribution in [1.29, 1.82) is 0 Å². The maximum absolute atomic E-state index is 13.4. The Kier molecular flexibility index (Phi) is 3.47. The summed E-state index contributed by atoms with van der Waals surface area (Å²) >= 11 is 0. The predicted octanol–water partition coefficient (Wildman–Crippen LogP) is 4.44. The van der Waals surface area contributed by atoms with Crippen molar-refractivity contribution >= 4 is 22.8 Å². The minimum atomic E-state index is -0.292. The van der Waals surface area contributed by atoms with Crippen molar-refractivity contribution in [2.45, 2.75) is 24.8 Å². The van der Waals surface area contributed by atoms with Crippen LogP contribution >= 0.6 is 0 Å². The fraction of sp³-hybridized carbons (Fsp3) is 0.174. The lowest BCUT2D eigenvalue weighted by molar-refractivity contribution is -0.116. The van der Waals surface area contributed by atoms with E-state index in [1.807, 2.05) is 54.6 Å². The lowest BCUT2D eigenvalue weighted by atomic mass is 9.80. The number of Topliss-reactive ketones (excluding diaryl/α,β-unsaturated/α-hetero) is 1. The highest BCUT2D eigenvalue weighted by molar-refractivity contribution is 6.00. The van der Waals surface area contributed by atoms with Crippen LogP contribution in [0.3, 0.4) is 0 Å². The number of para-hydroxylation sites is 2. The molecular weight excluding hydrogens is 364 g/mol. The van der Waals surface area contributed by atoms with Crippen molar-refractivity contribution in [2.24, 2.45) is 0 Å². The second kappa shape index (κ2) is 6.17. The molecule has 142 valence electrons. The minimum Gasteiger partial charge on any atom is -0.469 e. The van der Waals surface area contributed by atoms with Gasteiger partial charge in [-0.25, -0.2) is 4.98 Å². The molecule has 1 N–H and O–H groups in total. The van der Waals surface area contributed by atoms with E-state index in [1.165, 1.54) is 0 Å². The third kappa shape index (κ3) is 2.45. The van der Waals surface area contributed by atoms with E-state index in [-0.39, 0.29) is 17.7 Å². The van der Waals surface area contributed by atoms with E-state index in [0.717, 1.165) is 39.7 Å². The number of allylic oxidation sites excluding steroid dienone is 2.